The Hall–Kier alpha value is -0.643. The lowest BCUT2D eigenvalue weighted by Crippen LogP contribution is -2.48. The molecule has 0 aromatic heterocycles. The molecule has 1 atom stereocenters. The van der Waals surface area contributed by atoms with Gasteiger partial charge in [0, 0.05) is 0 Å². The highest BCUT2D eigenvalue weighted by Gasteiger charge is 2.19. The Kier molecular flexibility index (Phi) is 5.18. The van der Waals surface area contributed by atoms with Crippen molar-refractivity contribution in [1.29, 1.82) is 0 Å². The molecular formula is C13H24N2Si. The Labute approximate surface area is 101 Å². The molecule has 0 aliphatic rings. The first kappa shape index (κ1) is 13.4. The van der Waals surface area contributed by atoms with Crippen molar-refractivity contribution in [2.24, 2.45) is 0 Å². The van der Waals surface area contributed by atoms with Crippen molar-refractivity contribution in [3.05, 3.63) is 35.9 Å². The smallest absolute Gasteiger partial charge is 0.118 e. The maximum Gasteiger partial charge on any atom is 0.118 e. The lowest BCUT2D eigenvalue weighted by atomic mass is 10.2. The van der Waals surface area contributed by atoms with Gasteiger partial charge in [-0.3, -0.25) is 5.32 Å². The summed E-state index contributed by atoms with van der Waals surface area (Å²) in [6.07, 6.45) is 1.46. The van der Waals surface area contributed by atoms with E-state index in [-0.39, 0.29) is 0 Å². The Balaban J connectivity index is 2.71. The topological polar surface area (TPSA) is 24.1 Å². The van der Waals surface area contributed by atoms with Crippen LogP contribution in [-0.2, 0) is 0 Å². The molecule has 16 heavy (non-hydrogen) atoms. The molecule has 0 fully saturated rings. The SMILES string of the molecule is CCCNC(N[Si](C)(C)C)c1ccccc1. The molecule has 0 saturated heterocycles. The van der Waals surface area contributed by atoms with Gasteiger partial charge in [-0.1, -0.05) is 56.9 Å². The maximum absolute atomic E-state index is 3.74. The number of benzene rings is 1. The average Bonchev–Trinajstić information content (AvgIpc) is 2.24. The Morgan fingerprint density at radius 2 is 1.75 bits per heavy atom. The quantitative estimate of drug-likeness (QED) is 0.586. The molecule has 90 valence electrons. The van der Waals surface area contributed by atoms with E-state index in [2.05, 4.69) is 67.2 Å². The summed E-state index contributed by atoms with van der Waals surface area (Å²) in [6.45, 7) is 10.2. The zero-order chi connectivity index (χ0) is 12.0. The van der Waals surface area contributed by atoms with E-state index in [9.17, 15) is 0 Å². The fourth-order valence-electron chi connectivity index (χ4n) is 1.62. The summed E-state index contributed by atoms with van der Waals surface area (Å²) < 4.78 is 0. The molecule has 0 radical (unpaired) electrons. The zero-order valence-corrected chi connectivity index (χ0v) is 11.9. The maximum atomic E-state index is 3.74. The Morgan fingerprint density at radius 1 is 1.12 bits per heavy atom. The van der Waals surface area contributed by atoms with Crippen molar-refractivity contribution in [1.82, 2.24) is 10.3 Å². The normalized spacial score (nSPS) is 13.8. The molecule has 2 N–H and O–H groups in total. The summed E-state index contributed by atoms with van der Waals surface area (Å²) in [5.74, 6) is 0. The van der Waals surface area contributed by atoms with Crippen molar-refractivity contribution < 1.29 is 0 Å². The summed E-state index contributed by atoms with van der Waals surface area (Å²) in [5.41, 5.74) is 1.33. The van der Waals surface area contributed by atoms with Crippen LogP contribution in [0.5, 0.6) is 0 Å². The third kappa shape index (κ3) is 4.92. The molecule has 0 spiro atoms. The average molecular weight is 236 g/mol. The fourth-order valence-corrected chi connectivity index (χ4v) is 2.75. The third-order valence-electron chi connectivity index (χ3n) is 2.31. The van der Waals surface area contributed by atoms with E-state index in [1.807, 2.05) is 0 Å². The number of rotatable bonds is 6. The van der Waals surface area contributed by atoms with Crippen molar-refractivity contribution in [3.63, 3.8) is 0 Å². The van der Waals surface area contributed by atoms with Crippen LogP contribution in [0.15, 0.2) is 30.3 Å². The number of hydrogen-bond acceptors (Lipinski definition) is 2. The van der Waals surface area contributed by atoms with Gasteiger partial charge in [0.2, 0.25) is 0 Å². The van der Waals surface area contributed by atoms with Crippen LogP contribution in [0.3, 0.4) is 0 Å². The van der Waals surface area contributed by atoms with Gasteiger partial charge >= 0.3 is 0 Å². The molecule has 0 aliphatic heterocycles. The second kappa shape index (κ2) is 6.18. The van der Waals surface area contributed by atoms with Gasteiger partial charge in [0.05, 0.1) is 6.17 Å². The minimum atomic E-state index is -1.27. The highest BCUT2D eigenvalue weighted by Crippen LogP contribution is 2.12. The van der Waals surface area contributed by atoms with Crippen molar-refractivity contribution >= 4 is 8.24 Å². The Morgan fingerprint density at radius 3 is 2.25 bits per heavy atom. The van der Waals surface area contributed by atoms with Gasteiger partial charge in [-0.2, -0.15) is 0 Å². The van der Waals surface area contributed by atoms with Crippen LogP contribution in [-0.4, -0.2) is 14.8 Å². The molecule has 2 nitrogen and oxygen atoms in total. The molecule has 1 aromatic rings. The fraction of sp³-hybridized carbons (Fsp3) is 0.538. The summed E-state index contributed by atoms with van der Waals surface area (Å²) in [7, 11) is -1.27. The standard InChI is InChI=1S/C13H24N2Si/c1-5-11-14-13(15-16(2,3)4)12-9-7-6-8-10-12/h6-10,13-15H,5,11H2,1-4H3. The summed E-state index contributed by atoms with van der Waals surface area (Å²) in [6, 6.07) is 10.6. The minimum Gasteiger partial charge on any atom is -0.319 e. The monoisotopic (exact) mass is 236 g/mol. The van der Waals surface area contributed by atoms with E-state index in [0.29, 0.717) is 6.17 Å². The minimum absolute atomic E-state index is 0.299. The molecule has 0 amide bonds. The first-order chi connectivity index (χ1) is 7.53. The highest BCUT2D eigenvalue weighted by atomic mass is 28.3. The van der Waals surface area contributed by atoms with Crippen LogP contribution < -0.4 is 10.3 Å². The second-order valence-electron chi connectivity index (χ2n) is 5.19. The molecule has 1 rings (SSSR count). The van der Waals surface area contributed by atoms with Gasteiger partial charge in [0.1, 0.15) is 8.24 Å². The van der Waals surface area contributed by atoms with E-state index in [0.717, 1.165) is 13.0 Å². The van der Waals surface area contributed by atoms with Crippen LogP contribution in [0.2, 0.25) is 19.6 Å². The molecular weight excluding hydrogens is 212 g/mol. The zero-order valence-electron chi connectivity index (χ0n) is 10.9. The van der Waals surface area contributed by atoms with Crippen LogP contribution >= 0.6 is 0 Å². The molecule has 0 aliphatic carbocycles. The largest absolute Gasteiger partial charge is 0.319 e. The van der Waals surface area contributed by atoms with Gasteiger partial charge in [-0.05, 0) is 18.5 Å². The summed E-state index contributed by atoms with van der Waals surface area (Å²) in [4.78, 5) is 3.74. The summed E-state index contributed by atoms with van der Waals surface area (Å²) >= 11 is 0. The molecule has 1 unspecified atom stereocenters. The number of hydrogen-bond donors (Lipinski definition) is 2. The molecule has 0 saturated carbocycles. The Bertz CT molecular complexity index is 293. The van der Waals surface area contributed by atoms with E-state index in [1.165, 1.54) is 5.56 Å². The van der Waals surface area contributed by atoms with E-state index in [1.54, 1.807) is 0 Å². The van der Waals surface area contributed by atoms with Gasteiger partial charge in [0.15, 0.2) is 0 Å². The first-order valence-electron chi connectivity index (χ1n) is 6.09. The summed E-state index contributed by atoms with van der Waals surface area (Å²) in [5, 5.41) is 3.57. The van der Waals surface area contributed by atoms with E-state index in [4.69, 9.17) is 0 Å². The predicted molar refractivity (Wildman–Crippen MR) is 74.0 cm³/mol. The lowest BCUT2D eigenvalue weighted by molar-refractivity contribution is 0.506. The molecule has 0 heterocycles. The van der Waals surface area contributed by atoms with Crippen LogP contribution in [0.4, 0.5) is 0 Å². The van der Waals surface area contributed by atoms with Gasteiger partial charge in [0.25, 0.3) is 0 Å². The second-order valence-corrected chi connectivity index (χ2v) is 9.98. The van der Waals surface area contributed by atoms with Gasteiger partial charge < -0.3 is 4.98 Å². The van der Waals surface area contributed by atoms with Crippen LogP contribution in [0, 0.1) is 0 Å². The first-order valence-corrected chi connectivity index (χ1v) is 9.59. The van der Waals surface area contributed by atoms with Crippen molar-refractivity contribution in [3.8, 4) is 0 Å². The molecule has 3 heteroatoms. The van der Waals surface area contributed by atoms with Gasteiger partial charge in [-0.25, -0.2) is 0 Å². The van der Waals surface area contributed by atoms with Crippen LogP contribution in [0.25, 0.3) is 0 Å². The highest BCUT2D eigenvalue weighted by molar-refractivity contribution is 6.73. The molecule has 0 bridgehead atoms. The van der Waals surface area contributed by atoms with Crippen molar-refractivity contribution in [2.45, 2.75) is 39.2 Å². The lowest BCUT2D eigenvalue weighted by Gasteiger charge is -2.28. The number of nitrogens with one attached hydrogen (secondary N) is 2. The van der Waals surface area contributed by atoms with E-state index >= 15 is 0 Å². The van der Waals surface area contributed by atoms with E-state index < -0.39 is 8.24 Å². The van der Waals surface area contributed by atoms with Crippen LogP contribution in [0.1, 0.15) is 25.1 Å². The predicted octanol–water partition coefficient (Wildman–Crippen LogP) is 3.11. The third-order valence-corrected chi connectivity index (χ3v) is 3.46. The van der Waals surface area contributed by atoms with Crippen molar-refractivity contribution in [2.75, 3.05) is 6.54 Å². The molecule has 1 aromatic carbocycles. The van der Waals surface area contributed by atoms with Gasteiger partial charge in [-0.15, -0.1) is 0 Å².